The van der Waals surface area contributed by atoms with Crippen LogP contribution >= 0.6 is 0 Å². The molecule has 1 unspecified atom stereocenters. The number of carbonyl (C=O) groups is 2. The molecule has 8 heteroatoms. The smallest absolute Gasteiger partial charge is 0.241 e. The maximum absolute atomic E-state index is 13.8. The molecule has 30 heavy (non-hydrogen) atoms. The van der Waals surface area contributed by atoms with Crippen molar-refractivity contribution >= 4 is 23.2 Å². The predicted octanol–water partition coefficient (Wildman–Crippen LogP) is 3.65. The minimum absolute atomic E-state index is 0.0851. The van der Waals surface area contributed by atoms with Gasteiger partial charge in [0.25, 0.3) is 0 Å². The number of carbonyl (C=O) groups excluding carboxylic acids is 2. The number of anilines is 2. The molecule has 0 spiro atoms. The van der Waals surface area contributed by atoms with Crippen molar-refractivity contribution in [1.82, 2.24) is 4.90 Å². The Balaban J connectivity index is 1.53. The van der Waals surface area contributed by atoms with E-state index in [9.17, 15) is 18.4 Å². The molecule has 1 aliphatic heterocycles. The Kier molecular flexibility index (Phi) is 6.99. The third kappa shape index (κ3) is 5.13. The lowest BCUT2D eigenvalue weighted by atomic mass is 9.94. The Morgan fingerprint density at radius 2 is 1.77 bits per heavy atom. The van der Waals surface area contributed by atoms with Gasteiger partial charge < -0.3 is 15.4 Å². The molecule has 1 heterocycles. The molecule has 3 rings (SSSR count). The van der Waals surface area contributed by atoms with Crippen molar-refractivity contribution in [3.63, 3.8) is 0 Å². The number of benzene rings is 2. The van der Waals surface area contributed by atoms with Crippen LogP contribution < -0.4 is 15.4 Å². The zero-order valence-corrected chi connectivity index (χ0v) is 17.0. The molecule has 0 radical (unpaired) electrons. The summed E-state index contributed by atoms with van der Waals surface area (Å²) in [5, 5.41) is 5.34. The Hall–Kier alpha value is -3.00. The summed E-state index contributed by atoms with van der Waals surface area (Å²) in [7, 11) is 1.55. The van der Waals surface area contributed by atoms with Crippen LogP contribution in [0.15, 0.2) is 42.5 Å². The lowest BCUT2D eigenvalue weighted by molar-refractivity contribution is -0.123. The van der Waals surface area contributed by atoms with E-state index in [1.54, 1.807) is 26.2 Å². The first-order chi connectivity index (χ1) is 14.4. The Bertz CT molecular complexity index is 914. The third-order valence-electron chi connectivity index (χ3n) is 5.38. The number of hydrogen-bond donors (Lipinski definition) is 2. The zero-order valence-electron chi connectivity index (χ0n) is 17.0. The first kappa shape index (κ1) is 21.7. The predicted molar refractivity (Wildman–Crippen MR) is 110 cm³/mol. The molecule has 0 bridgehead atoms. The summed E-state index contributed by atoms with van der Waals surface area (Å²) in [4.78, 5) is 27.0. The number of ether oxygens (including phenoxy) is 1. The highest BCUT2D eigenvalue weighted by Crippen LogP contribution is 2.26. The summed E-state index contributed by atoms with van der Waals surface area (Å²) in [6.07, 6.45) is 1.18. The summed E-state index contributed by atoms with van der Waals surface area (Å²) in [5.74, 6) is -1.40. The van der Waals surface area contributed by atoms with Crippen molar-refractivity contribution in [2.45, 2.75) is 25.8 Å². The van der Waals surface area contributed by atoms with Gasteiger partial charge in [0.15, 0.2) is 0 Å². The molecule has 1 aliphatic rings. The van der Waals surface area contributed by atoms with Crippen molar-refractivity contribution in [1.29, 1.82) is 0 Å². The van der Waals surface area contributed by atoms with Crippen LogP contribution in [-0.4, -0.2) is 43.0 Å². The third-order valence-corrected chi connectivity index (χ3v) is 5.38. The highest BCUT2D eigenvalue weighted by atomic mass is 19.1. The second kappa shape index (κ2) is 9.67. The van der Waals surface area contributed by atoms with Gasteiger partial charge in [-0.05, 0) is 57.1 Å². The van der Waals surface area contributed by atoms with Crippen molar-refractivity contribution in [2.75, 3.05) is 30.8 Å². The van der Waals surface area contributed by atoms with Gasteiger partial charge in [0.1, 0.15) is 17.4 Å². The second-order valence-corrected chi connectivity index (χ2v) is 7.29. The van der Waals surface area contributed by atoms with Gasteiger partial charge in [0.2, 0.25) is 11.8 Å². The molecule has 2 aromatic rings. The molecule has 0 saturated carbocycles. The van der Waals surface area contributed by atoms with E-state index < -0.39 is 23.6 Å². The summed E-state index contributed by atoms with van der Waals surface area (Å²) in [5.41, 5.74) is 0.440. The van der Waals surface area contributed by atoms with E-state index in [2.05, 4.69) is 10.6 Å². The number of para-hydroxylation sites is 2. The Morgan fingerprint density at radius 3 is 2.47 bits per heavy atom. The average molecular weight is 417 g/mol. The lowest BCUT2D eigenvalue weighted by Gasteiger charge is -2.34. The van der Waals surface area contributed by atoms with E-state index in [4.69, 9.17) is 4.74 Å². The normalized spacial score (nSPS) is 16.0. The van der Waals surface area contributed by atoms with Crippen LogP contribution in [0.4, 0.5) is 20.2 Å². The van der Waals surface area contributed by atoms with Crippen molar-refractivity contribution in [3.8, 4) is 5.75 Å². The monoisotopic (exact) mass is 417 g/mol. The van der Waals surface area contributed by atoms with Gasteiger partial charge in [-0.1, -0.05) is 12.1 Å². The maximum Gasteiger partial charge on any atom is 0.241 e. The van der Waals surface area contributed by atoms with E-state index in [0.717, 1.165) is 18.2 Å². The van der Waals surface area contributed by atoms with Crippen LogP contribution in [-0.2, 0) is 9.59 Å². The first-order valence-electron chi connectivity index (χ1n) is 9.83. The van der Waals surface area contributed by atoms with E-state index in [1.165, 1.54) is 0 Å². The highest BCUT2D eigenvalue weighted by Gasteiger charge is 2.30. The Labute approximate surface area is 174 Å². The molecule has 6 nitrogen and oxygen atoms in total. The van der Waals surface area contributed by atoms with Crippen molar-refractivity contribution in [3.05, 3.63) is 54.1 Å². The van der Waals surface area contributed by atoms with Crippen LogP contribution in [0.1, 0.15) is 19.8 Å². The fraction of sp³-hybridized carbons (Fsp3) is 0.364. The molecule has 1 saturated heterocycles. The molecule has 160 valence electrons. The zero-order chi connectivity index (χ0) is 21.7. The number of methoxy groups -OCH3 is 1. The van der Waals surface area contributed by atoms with E-state index in [1.807, 2.05) is 17.0 Å². The number of nitrogens with zero attached hydrogens (tertiary/aromatic N) is 1. The highest BCUT2D eigenvalue weighted by molar-refractivity contribution is 5.95. The molecule has 2 aromatic carbocycles. The van der Waals surface area contributed by atoms with Gasteiger partial charge in [-0.15, -0.1) is 0 Å². The number of piperidine rings is 1. The lowest BCUT2D eigenvalue weighted by Crippen LogP contribution is -2.47. The van der Waals surface area contributed by atoms with E-state index in [-0.39, 0.29) is 17.5 Å². The van der Waals surface area contributed by atoms with Crippen LogP contribution in [0.25, 0.3) is 0 Å². The van der Waals surface area contributed by atoms with Crippen LogP contribution in [0.5, 0.6) is 5.75 Å². The summed E-state index contributed by atoms with van der Waals surface area (Å²) in [6.45, 7) is 2.80. The molecule has 1 atom stereocenters. The van der Waals surface area contributed by atoms with Gasteiger partial charge in [-0.2, -0.15) is 0 Å². The second-order valence-electron chi connectivity index (χ2n) is 7.29. The van der Waals surface area contributed by atoms with Crippen LogP contribution in [0.3, 0.4) is 0 Å². The number of likely N-dealkylation sites (tertiary alicyclic amines) is 1. The number of amides is 2. The molecule has 2 N–H and O–H groups in total. The summed E-state index contributed by atoms with van der Waals surface area (Å²) < 4.78 is 32.3. The Morgan fingerprint density at radius 1 is 1.07 bits per heavy atom. The molecule has 1 fully saturated rings. The van der Waals surface area contributed by atoms with E-state index >= 15 is 0 Å². The largest absolute Gasteiger partial charge is 0.495 e. The molecular weight excluding hydrogens is 392 g/mol. The molecular formula is C22H25F2N3O3. The topological polar surface area (TPSA) is 70.7 Å². The number of hydrogen-bond acceptors (Lipinski definition) is 4. The fourth-order valence-corrected chi connectivity index (χ4v) is 3.53. The van der Waals surface area contributed by atoms with Crippen molar-refractivity contribution in [2.24, 2.45) is 5.92 Å². The van der Waals surface area contributed by atoms with Gasteiger partial charge in [-0.25, -0.2) is 8.78 Å². The van der Waals surface area contributed by atoms with Crippen molar-refractivity contribution < 1.29 is 23.1 Å². The minimum Gasteiger partial charge on any atom is -0.495 e. The first-order valence-corrected chi connectivity index (χ1v) is 9.83. The van der Waals surface area contributed by atoms with Gasteiger partial charge in [0, 0.05) is 12.0 Å². The van der Waals surface area contributed by atoms with Gasteiger partial charge >= 0.3 is 0 Å². The quantitative estimate of drug-likeness (QED) is 0.753. The molecule has 0 aliphatic carbocycles. The fourth-order valence-electron chi connectivity index (χ4n) is 3.53. The standard InChI is InChI=1S/C22H25F2N3O3/c1-14(21(28)26-19-13-16(23)7-8-17(19)24)27-11-9-15(10-12-27)22(29)25-18-5-3-4-6-20(18)30-2/h3-8,13-15H,9-12H2,1-2H3,(H,25,29)(H,26,28). The average Bonchev–Trinajstić information content (AvgIpc) is 2.76. The van der Waals surface area contributed by atoms with Crippen LogP contribution in [0.2, 0.25) is 0 Å². The molecule has 0 aromatic heterocycles. The van der Waals surface area contributed by atoms with Gasteiger partial charge in [0.05, 0.1) is 24.5 Å². The summed E-state index contributed by atoms with van der Waals surface area (Å²) >= 11 is 0. The van der Waals surface area contributed by atoms with E-state index in [0.29, 0.717) is 37.4 Å². The molecule has 2 amide bonds. The number of nitrogens with one attached hydrogen (secondary N) is 2. The van der Waals surface area contributed by atoms with Gasteiger partial charge in [-0.3, -0.25) is 14.5 Å². The van der Waals surface area contributed by atoms with Crippen LogP contribution in [0, 0.1) is 17.6 Å². The maximum atomic E-state index is 13.8. The minimum atomic E-state index is -0.691. The number of rotatable bonds is 6. The SMILES string of the molecule is COc1ccccc1NC(=O)C1CCN(C(C)C(=O)Nc2cc(F)ccc2F)CC1. The number of halogens is 2. The summed E-state index contributed by atoms with van der Waals surface area (Å²) in [6, 6.07) is 9.60.